The van der Waals surface area contributed by atoms with Crippen LogP contribution >= 0.6 is 0 Å². The number of carbonyl (C=O) groups excluding carboxylic acids is 1. The summed E-state index contributed by atoms with van der Waals surface area (Å²) < 4.78 is 28.0. The summed E-state index contributed by atoms with van der Waals surface area (Å²) in [6.07, 6.45) is 0. The van der Waals surface area contributed by atoms with Crippen LogP contribution in [-0.4, -0.2) is 38.5 Å². The molecule has 0 saturated carbocycles. The third-order valence-electron chi connectivity index (χ3n) is 2.73. The molecular formula is C14H21NO4S. The standard InChI is InChI=1S/C14H21NO4S/c1-4-19-14(16)12-7-6-8-13(9-12)15-11(3)10-20(17,18)5-2/h6-9,11,15H,4-5,10H2,1-3H3. The highest BCUT2D eigenvalue weighted by atomic mass is 32.2. The summed E-state index contributed by atoms with van der Waals surface area (Å²) in [4.78, 5) is 11.6. The van der Waals surface area contributed by atoms with Gasteiger partial charge in [-0.2, -0.15) is 0 Å². The predicted octanol–water partition coefficient (Wildman–Crippen LogP) is 2.10. The van der Waals surface area contributed by atoms with Crippen molar-refractivity contribution in [3.8, 4) is 0 Å². The highest BCUT2D eigenvalue weighted by Crippen LogP contribution is 2.13. The second kappa shape index (κ2) is 7.28. The van der Waals surface area contributed by atoms with Gasteiger partial charge in [0.25, 0.3) is 0 Å². The normalized spacial score (nSPS) is 12.8. The zero-order valence-electron chi connectivity index (χ0n) is 12.0. The van der Waals surface area contributed by atoms with E-state index in [1.165, 1.54) is 0 Å². The molecule has 0 aliphatic carbocycles. The van der Waals surface area contributed by atoms with Crippen LogP contribution in [-0.2, 0) is 14.6 Å². The quantitative estimate of drug-likeness (QED) is 0.781. The van der Waals surface area contributed by atoms with Crippen LogP contribution in [0.4, 0.5) is 5.69 Å². The summed E-state index contributed by atoms with van der Waals surface area (Å²) in [6.45, 7) is 5.49. The molecule has 1 aromatic carbocycles. The van der Waals surface area contributed by atoms with Crippen LogP contribution < -0.4 is 5.32 Å². The second-order valence-electron chi connectivity index (χ2n) is 4.55. The maximum atomic E-state index is 11.6. The van der Waals surface area contributed by atoms with E-state index in [-0.39, 0.29) is 23.5 Å². The fourth-order valence-corrected chi connectivity index (χ4v) is 2.86. The molecule has 0 fully saturated rings. The van der Waals surface area contributed by atoms with Crippen molar-refractivity contribution < 1.29 is 17.9 Å². The zero-order chi connectivity index (χ0) is 15.2. The van der Waals surface area contributed by atoms with Crippen LogP contribution in [0.25, 0.3) is 0 Å². The van der Waals surface area contributed by atoms with Crippen molar-refractivity contribution in [2.75, 3.05) is 23.4 Å². The van der Waals surface area contributed by atoms with Gasteiger partial charge in [0.2, 0.25) is 0 Å². The fraction of sp³-hybridized carbons (Fsp3) is 0.500. The summed E-state index contributed by atoms with van der Waals surface area (Å²) in [5.41, 5.74) is 1.15. The van der Waals surface area contributed by atoms with Gasteiger partial charge in [-0.05, 0) is 32.0 Å². The molecule has 1 atom stereocenters. The second-order valence-corrected chi connectivity index (χ2v) is 6.94. The Balaban J connectivity index is 2.73. The first-order valence-electron chi connectivity index (χ1n) is 6.62. The molecule has 0 aliphatic rings. The van der Waals surface area contributed by atoms with Gasteiger partial charge in [-0.15, -0.1) is 0 Å². The minimum atomic E-state index is -3.03. The van der Waals surface area contributed by atoms with E-state index in [2.05, 4.69) is 5.32 Å². The molecule has 1 N–H and O–H groups in total. The van der Waals surface area contributed by atoms with Crippen LogP contribution in [0.5, 0.6) is 0 Å². The third kappa shape index (κ3) is 5.21. The summed E-state index contributed by atoms with van der Waals surface area (Å²) in [6, 6.07) is 6.62. The average molecular weight is 299 g/mol. The smallest absolute Gasteiger partial charge is 0.338 e. The Labute approximate surface area is 120 Å². The lowest BCUT2D eigenvalue weighted by molar-refractivity contribution is 0.0526. The van der Waals surface area contributed by atoms with E-state index in [0.717, 1.165) is 0 Å². The molecule has 1 rings (SSSR count). The molecule has 0 aliphatic heterocycles. The Bertz CT molecular complexity index is 554. The maximum Gasteiger partial charge on any atom is 0.338 e. The Kier molecular flexibility index (Phi) is 6.01. The van der Waals surface area contributed by atoms with Crippen molar-refractivity contribution in [2.45, 2.75) is 26.8 Å². The molecule has 0 saturated heterocycles. The Morgan fingerprint density at radius 3 is 2.65 bits per heavy atom. The van der Waals surface area contributed by atoms with Gasteiger partial charge < -0.3 is 10.1 Å². The molecule has 0 radical (unpaired) electrons. The Morgan fingerprint density at radius 2 is 2.05 bits per heavy atom. The molecule has 0 amide bonds. The molecule has 5 nitrogen and oxygen atoms in total. The molecule has 1 unspecified atom stereocenters. The van der Waals surface area contributed by atoms with Crippen LogP contribution in [0.3, 0.4) is 0 Å². The zero-order valence-corrected chi connectivity index (χ0v) is 12.9. The number of ether oxygens (including phenoxy) is 1. The van der Waals surface area contributed by atoms with Crippen molar-refractivity contribution >= 4 is 21.5 Å². The van der Waals surface area contributed by atoms with Crippen molar-refractivity contribution in [3.05, 3.63) is 29.8 Å². The lowest BCUT2D eigenvalue weighted by Gasteiger charge is -2.15. The van der Waals surface area contributed by atoms with Gasteiger partial charge in [0, 0.05) is 17.5 Å². The SMILES string of the molecule is CCOC(=O)c1cccc(NC(C)CS(=O)(=O)CC)c1. The lowest BCUT2D eigenvalue weighted by atomic mass is 10.2. The molecule has 20 heavy (non-hydrogen) atoms. The van der Waals surface area contributed by atoms with Gasteiger partial charge in [0.1, 0.15) is 0 Å². The van der Waals surface area contributed by atoms with Crippen LogP contribution in [0.1, 0.15) is 31.1 Å². The number of sulfone groups is 1. The summed E-state index contributed by atoms with van der Waals surface area (Å²) in [5, 5.41) is 3.08. The number of hydrogen-bond acceptors (Lipinski definition) is 5. The number of benzene rings is 1. The lowest BCUT2D eigenvalue weighted by Crippen LogP contribution is -2.26. The van der Waals surface area contributed by atoms with Gasteiger partial charge in [-0.1, -0.05) is 13.0 Å². The predicted molar refractivity (Wildman–Crippen MR) is 79.8 cm³/mol. The minimum Gasteiger partial charge on any atom is -0.462 e. The Morgan fingerprint density at radius 1 is 1.35 bits per heavy atom. The highest BCUT2D eigenvalue weighted by molar-refractivity contribution is 7.91. The summed E-state index contributed by atoms with van der Waals surface area (Å²) in [5.74, 6) is -0.195. The molecule has 0 heterocycles. The number of esters is 1. The molecular weight excluding hydrogens is 278 g/mol. The van der Waals surface area contributed by atoms with E-state index in [1.54, 1.807) is 45.0 Å². The topological polar surface area (TPSA) is 72.5 Å². The van der Waals surface area contributed by atoms with Gasteiger partial charge >= 0.3 is 5.97 Å². The van der Waals surface area contributed by atoms with Crippen LogP contribution in [0.2, 0.25) is 0 Å². The van der Waals surface area contributed by atoms with E-state index in [4.69, 9.17) is 4.74 Å². The monoisotopic (exact) mass is 299 g/mol. The van der Waals surface area contributed by atoms with Gasteiger partial charge in [-0.25, -0.2) is 13.2 Å². The number of rotatable bonds is 7. The first-order valence-corrected chi connectivity index (χ1v) is 8.44. The van der Waals surface area contributed by atoms with Crippen LogP contribution in [0, 0.1) is 0 Å². The molecule has 0 bridgehead atoms. The van der Waals surface area contributed by atoms with Crippen LogP contribution in [0.15, 0.2) is 24.3 Å². The highest BCUT2D eigenvalue weighted by Gasteiger charge is 2.14. The third-order valence-corrected chi connectivity index (χ3v) is 4.62. The van der Waals surface area contributed by atoms with E-state index in [0.29, 0.717) is 17.9 Å². The largest absolute Gasteiger partial charge is 0.462 e. The van der Waals surface area contributed by atoms with Crippen molar-refractivity contribution in [1.29, 1.82) is 0 Å². The summed E-state index contributed by atoms with van der Waals surface area (Å²) >= 11 is 0. The number of nitrogens with one attached hydrogen (secondary N) is 1. The number of carbonyl (C=O) groups is 1. The minimum absolute atomic E-state index is 0.0626. The van der Waals surface area contributed by atoms with Gasteiger partial charge in [0.05, 0.1) is 17.9 Å². The molecule has 0 spiro atoms. The average Bonchev–Trinajstić information content (AvgIpc) is 2.38. The fourth-order valence-electron chi connectivity index (χ4n) is 1.78. The van der Waals surface area contributed by atoms with E-state index in [9.17, 15) is 13.2 Å². The van der Waals surface area contributed by atoms with E-state index >= 15 is 0 Å². The number of anilines is 1. The summed E-state index contributed by atoms with van der Waals surface area (Å²) in [7, 11) is -3.03. The molecule has 0 aromatic heterocycles. The first-order chi connectivity index (χ1) is 9.38. The molecule has 112 valence electrons. The molecule has 1 aromatic rings. The number of hydrogen-bond donors (Lipinski definition) is 1. The first kappa shape index (κ1) is 16.5. The van der Waals surface area contributed by atoms with Crippen molar-refractivity contribution in [3.63, 3.8) is 0 Å². The van der Waals surface area contributed by atoms with Gasteiger partial charge in [-0.3, -0.25) is 0 Å². The van der Waals surface area contributed by atoms with E-state index < -0.39 is 9.84 Å². The van der Waals surface area contributed by atoms with Crippen molar-refractivity contribution in [2.24, 2.45) is 0 Å². The van der Waals surface area contributed by atoms with Gasteiger partial charge in [0.15, 0.2) is 9.84 Å². The molecule has 6 heteroatoms. The maximum absolute atomic E-state index is 11.6. The van der Waals surface area contributed by atoms with Crippen molar-refractivity contribution in [1.82, 2.24) is 0 Å². The van der Waals surface area contributed by atoms with E-state index in [1.807, 2.05) is 0 Å². The Hall–Kier alpha value is -1.56.